The van der Waals surface area contributed by atoms with Crippen molar-refractivity contribution in [1.82, 2.24) is 14.9 Å². The second-order valence-electron chi connectivity index (χ2n) is 7.61. The third-order valence-electron chi connectivity index (χ3n) is 5.51. The van der Waals surface area contributed by atoms with Gasteiger partial charge in [-0.2, -0.15) is 4.98 Å². The normalized spacial score (nSPS) is 16.7. The third kappa shape index (κ3) is 4.53. The zero-order chi connectivity index (χ0) is 21.1. The Morgan fingerprint density at radius 2 is 1.77 bits per heavy atom. The fourth-order valence-corrected chi connectivity index (χ4v) is 4.04. The van der Waals surface area contributed by atoms with Gasteiger partial charge in [0.25, 0.3) is 0 Å². The Bertz CT molecular complexity index is 910. The summed E-state index contributed by atoms with van der Waals surface area (Å²) < 4.78 is 5.31. The van der Waals surface area contributed by atoms with E-state index in [-0.39, 0.29) is 6.03 Å². The van der Waals surface area contributed by atoms with Crippen LogP contribution in [0.25, 0.3) is 0 Å². The first-order valence-electron chi connectivity index (χ1n) is 10.3. The van der Waals surface area contributed by atoms with Crippen LogP contribution in [0.2, 0.25) is 5.02 Å². The van der Waals surface area contributed by atoms with Crippen molar-refractivity contribution in [3.05, 3.63) is 35.0 Å². The molecular weight excluding hydrogens is 404 g/mol. The Labute approximate surface area is 181 Å². The quantitative estimate of drug-likeness (QED) is 0.801. The molecule has 4 rings (SSSR count). The molecule has 2 aromatic rings. The van der Waals surface area contributed by atoms with Gasteiger partial charge in [-0.05, 0) is 38.0 Å². The average molecular weight is 431 g/mol. The molecule has 1 aromatic heterocycles. The highest BCUT2D eigenvalue weighted by Gasteiger charge is 2.24. The number of piperazine rings is 1. The van der Waals surface area contributed by atoms with Crippen LogP contribution in [0.15, 0.2) is 24.3 Å². The average Bonchev–Trinajstić information content (AvgIpc) is 3.29. The molecule has 9 heteroatoms. The molecule has 0 radical (unpaired) electrons. The first-order chi connectivity index (χ1) is 14.5. The van der Waals surface area contributed by atoms with Gasteiger partial charge < -0.3 is 24.8 Å². The van der Waals surface area contributed by atoms with E-state index in [0.29, 0.717) is 29.5 Å². The molecule has 0 saturated carbocycles. The van der Waals surface area contributed by atoms with Crippen LogP contribution in [-0.4, -0.2) is 67.3 Å². The summed E-state index contributed by atoms with van der Waals surface area (Å²) in [5.41, 5.74) is 1.54. The van der Waals surface area contributed by atoms with Crippen molar-refractivity contribution in [2.45, 2.75) is 19.8 Å². The van der Waals surface area contributed by atoms with E-state index < -0.39 is 0 Å². The molecule has 2 amide bonds. The number of urea groups is 1. The lowest BCUT2D eigenvalue weighted by molar-refractivity contribution is 0.208. The molecule has 160 valence electrons. The van der Waals surface area contributed by atoms with Gasteiger partial charge in [-0.15, -0.1) is 0 Å². The number of methoxy groups -OCH3 is 1. The SMILES string of the molecule is COc1ccc(Cl)cc1NC(=O)N1CCN(c2cc(C)nc(N3CCCC3)n2)CC1. The summed E-state index contributed by atoms with van der Waals surface area (Å²) >= 11 is 6.06. The van der Waals surface area contributed by atoms with Gasteiger partial charge in [0, 0.05) is 56.1 Å². The van der Waals surface area contributed by atoms with E-state index in [0.717, 1.165) is 43.6 Å². The van der Waals surface area contributed by atoms with Crippen molar-refractivity contribution in [3.63, 3.8) is 0 Å². The second-order valence-corrected chi connectivity index (χ2v) is 8.05. The predicted octanol–water partition coefficient (Wildman–Crippen LogP) is 3.40. The van der Waals surface area contributed by atoms with Crippen molar-refractivity contribution >= 4 is 35.1 Å². The van der Waals surface area contributed by atoms with Crippen LogP contribution < -0.4 is 19.9 Å². The zero-order valence-electron chi connectivity index (χ0n) is 17.4. The van der Waals surface area contributed by atoms with Gasteiger partial charge >= 0.3 is 6.03 Å². The highest BCUT2D eigenvalue weighted by Crippen LogP contribution is 2.28. The minimum Gasteiger partial charge on any atom is -0.495 e. The van der Waals surface area contributed by atoms with E-state index in [4.69, 9.17) is 21.3 Å². The van der Waals surface area contributed by atoms with Crippen molar-refractivity contribution in [1.29, 1.82) is 0 Å². The number of nitrogens with one attached hydrogen (secondary N) is 1. The molecule has 2 aliphatic rings. The molecule has 0 unspecified atom stereocenters. The number of benzene rings is 1. The maximum absolute atomic E-state index is 12.7. The summed E-state index contributed by atoms with van der Waals surface area (Å²) in [4.78, 5) is 28.4. The first-order valence-corrected chi connectivity index (χ1v) is 10.7. The van der Waals surface area contributed by atoms with Gasteiger partial charge in [-0.3, -0.25) is 0 Å². The van der Waals surface area contributed by atoms with E-state index >= 15 is 0 Å². The number of amides is 2. The standard InChI is InChI=1S/C21H27ClN6O2/c1-15-13-19(25-20(23-15)27-7-3-4-8-27)26-9-11-28(12-10-26)21(29)24-17-14-16(22)5-6-18(17)30-2/h5-6,13-14H,3-4,7-12H2,1-2H3,(H,24,29). The van der Waals surface area contributed by atoms with Crippen LogP contribution in [0.5, 0.6) is 5.75 Å². The molecule has 1 N–H and O–H groups in total. The highest BCUT2D eigenvalue weighted by molar-refractivity contribution is 6.31. The lowest BCUT2D eigenvalue weighted by atomic mass is 10.3. The molecule has 2 saturated heterocycles. The van der Waals surface area contributed by atoms with Gasteiger partial charge in [0.15, 0.2) is 0 Å². The fourth-order valence-electron chi connectivity index (χ4n) is 3.87. The Hall–Kier alpha value is -2.74. The van der Waals surface area contributed by atoms with Gasteiger partial charge in [0.1, 0.15) is 11.6 Å². The van der Waals surface area contributed by atoms with Crippen LogP contribution in [0.1, 0.15) is 18.5 Å². The maximum atomic E-state index is 12.7. The third-order valence-corrected chi connectivity index (χ3v) is 5.75. The van der Waals surface area contributed by atoms with E-state index in [1.165, 1.54) is 12.8 Å². The van der Waals surface area contributed by atoms with E-state index in [1.807, 2.05) is 13.0 Å². The van der Waals surface area contributed by atoms with Crippen molar-refractivity contribution in [3.8, 4) is 5.75 Å². The number of hydrogen-bond donors (Lipinski definition) is 1. The number of hydrogen-bond acceptors (Lipinski definition) is 6. The number of halogens is 1. The molecule has 8 nitrogen and oxygen atoms in total. The Kier molecular flexibility index (Phi) is 6.13. The summed E-state index contributed by atoms with van der Waals surface area (Å²) in [7, 11) is 1.57. The molecule has 0 spiro atoms. The Balaban J connectivity index is 1.39. The summed E-state index contributed by atoms with van der Waals surface area (Å²) in [6.07, 6.45) is 2.38. The minimum atomic E-state index is -0.160. The van der Waals surface area contributed by atoms with Gasteiger partial charge in [0.2, 0.25) is 5.95 Å². The van der Waals surface area contributed by atoms with E-state index in [2.05, 4.69) is 20.1 Å². The van der Waals surface area contributed by atoms with Crippen LogP contribution in [0.3, 0.4) is 0 Å². The van der Waals surface area contributed by atoms with Crippen LogP contribution in [0.4, 0.5) is 22.2 Å². The maximum Gasteiger partial charge on any atom is 0.322 e. The van der Waals surface area contributed by atoms with Crippen LogP contribution >= 0.6 is 11.6 Å². The number of carbonyl (C=O) groups excluding carboxylic acids is 1. The number of aromatic nitrogens is 2. The van der Waals surface area contributed by atoms with Gasteiger partial charge in [-0.25, -0.2) is 9.78 Å². The first kappa shape index (κ1) is 20.5. The molecule has 1 aromatic carbocycles. The molecule has 30 heavy (non-hydrogen) atoms. The molecule has 2 aliphatic heterocycles. The minimum absolute atomic E-state index is 0.160. The Morgan fingerprint density at radius 3 is 2.47 bits per heavy atom. The second kappa shape index (κ2) is 8.95. The molecule has 0 bridgehead atoms. The van der Waals surface area contributed by atoms with Crippen molar-refractivity contribution in [2.24, 2.45) is 0 Å². The monoisotopic (exact) mass is 430 g/mol. The Morgan fingerprint density at radius 1 is 1.03 bits per heavy atom. The highest BCUT2D eigenvalue weighted by atomic mass is 35.5. The van der Waals surface area contributed by atoms with Crippen LogP contribution in [-0.2, 0) is 0 Å². The number of ether oxygens (including phenoxy) is 1. The summed E-state index contributed by atoms with van der Waals surface area (Å²) in [6.45, 7) is 6.69. The number of aryl methyl sites for hydroxylation is 1. The lowest BCUT2D eigenvalue weighted by Gasteiger charge is -2.35. The topological polar surface area (TPSA) is 73.8 Å². The lowest BCUT2D eigenvalue weighted by Crippen LogP contribution is -2.50. The number of anilines is 3. The molecule has 2 fully saturated rings. The molecule has 3 heterocycles. The van der Waals surface area contributed by atoms with Crippen LogP contribution in [0, 0.1) is 6.92 Å². The van der Waals surface area contributed by atoms with Gasteiger partial charge in [0.05, 0.1) is 12.8 Å². The van der Waals surface area contributed by atoms with E-state index in [9.17, 15) is 4.79 Å². The summed E-state index contributed by atoms with van der Waals surface area (Å²) in [5.74, 6) is 2.33. The largest absolute Gasteiger partial charge is 0.495 e. The number of carbonyl (C=O) groups is 1. The molecular formula is C21H27ClN6O2. The zero-order valence-corrected chi connectivity index (χ0v) is 18.2. The number of rotatable bonds is 4. The number of nitrogens with zero attached hydrogens (tertiary/aromatic N) is 5. The summed E-state index contributed by atoms with van der Waals surface area (Å²) in [5, 5.41) is 3.45. The molecule has 0 aliphatic carbocycles. The fraction of sp³-hybridized carbons (Fsp3) is 0.476. The van der Waals surface area contributed by atoms with E-state index in [1.54, 1.807) is 30.2 Å². The smallest absolute Gasteiger partial charge is 0.322 e. The van der Waals surface area contributed by atoms with Crippen molar-refractivity contribution in [2.75, 3.05) is 61.5 Å². The molecule has 0 atom stereocenters. The summed E-state index contributed by atoms with van der Waals surface area (Å²) in [6, 6.07) is 7.02. The van der Waals surface area contributed by atoms with Crippen molar-refractivity contribution < 1.29 is 9.53 Å². The van der Waals surface area contributed by atoms with Gasteiger partial charge in [-0.1, -0.05) is 11.6 Å². The predicted molar refractivity (Wildman–Crippen MR) is 119 cm³/mol.